The second-order valence-corrected chi connectivity index (χ2v) is 4.28. The number of nitrogens with one attached hydrogen (secondary N) is 1. The normalized spacial score (nSPS) is 12.7. The Balaban J connectivity index is 2.40. The van der Waals surface area contributed by atoms with Gasteiger partial charge in [-0.05, 0) is 37.6 Å². The Morgan fingerprint density at radius 3 is 2.93 bits per heavy atom. The minimum Gasteiger partial charge on any atom is -0.317 e. The van der Waals surface area contributed by atoms with E-state index in [1.54, 1.807) is 0 Å². The van der Waals surface area contributed by atoms with Gasteiger partial charge in [0.05, 0.1) is 0 Å². The highest BCUT2D eigenvalue weighted by molar-refractivity contribution is 7.98. The van der Waals surface area contributed by atoms with Gasteiger partial charge in [0.1, 0.15) is 0 Å². The fourth-order valence-electron chi connectivity index (χ4n) is 1.38. The standard InChI is InChI=1S/C11H18N2S/c1-12-10(6-8-14-2)9-11-5-3-4-7-13-11/h3-5,7,10,12H,6,8-9H2,1-2H3. The molecule has 1 atom stereocenters. The van der Waals surface area contributed by atoms with E-state index in [0.717, 1.165) is 6.42 Å². The minimum atomic E-state index is 0.553. The topological polar surface area (TPSA) is 24.9 Å². The van der Waals surface area contributed by atoms with E-state index >= 15 is 0 Å². The second kappa shape index (κ2) is 6.85. The summed E-state index contributed by atoms with van der Waals surface area (Å²) in [4.78, 5) is 4.33. The van der Waals surface area contributed by atoms with E-state index < -0.39 is 0 Å². The SMILES string of the molecule is CNC(CCSC)Cc1ccccn1. The summed E-state index contributed by atoms with van der Waals surface area (Å²) in [7, 11) is 2.02. The fourth-order valence-corrected chi connectivity index (χ4v) is 1.90. The van der Waals surface area contributed by atoms with Gasteiger partial charge < -0.3 is 5.32 Å². The maximum atomic E-state index is 4.33. The summed E-state index contributed by atoms with van der Waals surface area (Å²) in [6.07, 6.45) is 6.23. The second-order valence-electron chi connectivity index (χ2n) is 3.29. The Kier molecular flexibility index (Phi) is 5.64. The van der Waals surface area contributed by atoms with Gasteiger partial charge in [0.15, 0.2) is 0 Å². The molecule has 0 spiro atoms. The molecule has 1 N–H and O–H groups in total. The van der Waals surface area contributed by atoms with Gasteiger partial charge in [-0.25, -0.2) is 0 Å². The van der Waals surface area contributed by atoms with Crippen LogP contribution >= 0.6 is 11.8 Å². The Bertz CT molecular complexity index is 238. The molecule has 14 heavy (non-hydrogen) atoms. The molecule has 1 unspecified atom stereocenters. The smallest absolute Gasteiger partial charge is 0.0419 e. The molecule has 0 amide bonds. The van der Waals surface area contributed by atoms with Crippen LogP contribution in [0, 0.1) is 0 Å². The van der Waals surface area contributed by atoms with Crippen LogP contribution in [0.4, 0.5) is 0 Å². The number of thioether (sulfide) groups is 1. The summed E-state index contributed by atoms with van der Waals surface area (Å²) in [6.45, 7) is 0. The van der Waals surface area contributed by atoms with Gasteiger partial charge in [0, 0.05) is 24.4 Å². The van der Waals surface area contributed by atoms with Crippen molar-refractivity contribution in [3.05, 3.63) is 30.1 Å². The van der Waals surface area contributed by atoms with Crippen LogP contribution in [0.15, 0.2) is 24.4 Å². The molecule has 2 nitrogen and oxygen atoms in total. The van der Waals surface area contributed by atoms with E-state index in [1.165, 1.54) is 17.9 Å². The van der Waals surface area contributed by atoms with E-state index in [4.69, 9.17) is 0 Å². The number of pyridine rings is 1. The Labute approximate surface area is 90.5 Å². The maximum absolute atomic E-state index is 4.33. The van der Waals surface area contributed by atoms with Gasteiger partial charge in [0.2, 0.25) is 0 Å². The third kappa shape index (κ3) is 4.11. The summed E-state index contributed by atoms with van der Waals surface area (Å²) in [5, 5.41) is 3.33. The van der Waals surface area contributed by atoms with Crippen LogP contribution in [-0.2, 0) is 6.42 Å². The average molecular weight is 210 g/mol. The summed E-state index contributed by atoms with van der Waals surface area (Å²) in [5.74, 6) is 1.21. The first-order chi connectivity index (χ1) is 6.86. The predicted octanol–water partition coefficient (Wildman–Crippen LogP) is 1.97. The number of rotatable bonds is 6. The first-order valence-electron chi connectivity index (χ1n) is 4.93. The first kappa shape index (κ1) is 11.5. The highest BCUT2D eigenvalue weighted by Gasteiger charge is 2.06. The van der Waals surface area contributed by atoms with E-state index in [2.05, 4.69) is 22.6 Å². The molecule has 0 fully saturated rings. The number of aromatic nitrogens is 1. The van der Waals surface area contributed by atoms with Gasteiger partial charge in [-0.1, -0.05) is 6.07 Å². The van der Waals surface area contributed by atoms with Crippen molar-refractivity contribution in [2.75, 3.05) is 19.1 Å². The molecule has 1 rings (SSSR count). The van der Waals surface area contributed by atoms with Crippen LogP contribution in [0.1, 0.15) is 12.1 Å². The Hall–Kier alpha value is -0.540. The number of hydrogen-bond acceptors (Lipinski definition) is 3. The maximum Gasteiger partial charge on any atom is 0.0419 e. The van der Waals surface area contributed by atoms with Crippen molar-refractivity contribution in [3.63, 3.8) is 0 Å². The molecule has 78 valence electrons. The zero-order valence-electron chi connectivity index (χ0n) is 8.86. The average Bonchev–Trinajstić information content (AvgIpc) is 2.25. The Morgan fingerprint density at radius 2 is 2.36 bits per heavy atom. The molecule has 1 aromatic rings. The lowest BCUT2D eigenvalue weighted by Gasteiger charge is -2.14. The van der Waals surface area contributed by atoms with Crippen molar-refractivity contribution in [2.24, 2.45) is 0 Å². The summed E-state index contributed by atoms with van der Waals surface area (Å²) >= 11 is 1.90. The van der Waals surface area contributed by atoms with Gasteiger partial charge in [-0.3, -0.25) is 4.98 Å². The number of nitrogens with zero attached hydrogens (tertiary/aromatic N) is 1. The zero-order valence-corrected chi connectivity index (χ0v) is 9.68. The molecule has 0 radical (unpaired) electrons. The quantitative estimate of drug-likeness (QED) is 0.777. The molecule has 0 aliphatic rings. The third-order valence-corrected chi connectivity index (χ3v) is 2.90. The van der Waals surface area contributed by atoms with E-state index in [0.29, 0.717) is 6.04 Å². The third-order valence-electron chi connectivity index (χ3n) is 2.26. The number of likely N-dealkylation sites (N-methyl/N-ethyl adjacent to an activating group) is 1. The van der Waals surface area contributed by atoms with Crippen molar-refractivity contribution < 1.29 is 0 Å². The molecular formula is C11H18N2S. The molecule has 1 aromatic heterocycles. The summed E-state index contributed by atoms with van der Waals surface area (Å²) in [5.41, 5.74) is 1.17. The van der Waals surface area contributed by atoms with Crippen LogP contribution < -0.4 is 5.32 Å². The predicted molar refractivity (Wildman–Crippen MR) is 63.8 cm³/mol. The molecule has 0 aliphatic carbocycles. The fraction of sp³-hybridized carbons (Fsp3) is 0.545. The lowest BCUT2D eigenvalue weighted by atomic mass is 10.1. The first-order valence-corrected chi connectivity index (χ1v) is 6.32. The van der Waals surface area contributed by atoms with Crippen LogP contribution in [0.25, 0.3) is 0 Å². The highest BCUT2D eigenvalue weighted by Crippen LogP contribution is 2.05. The molecule has 0 saturated carbocycles. The van der Waals surface area contributed by atoms with Gasteiger partial charge in [-0.15, -0.1) is 0 Å². The molecule has 0 aliphatic heterocycles. The molecule has 1 heterocycles. The van der Waals surface area contributed by atoms with Crippen LogP contribution in [0.3, 0.4) is 0 Å². The van der Waals surface area contributed by atoms with Crippen molar-refractivity contribution in [1.82, 2.24) is 10.3 Å². The van der Waals surface area contributed by atoms with Crippen LogP contribution in [-0.4, -0.2) is 30.1 Å². The molecule has 0 bridgehead atoms. The van der Waals surface area contributed by atoms with E-state index in [-0.39, 0.29) is 0 Å². The summed E-state index contributed by atoms with van der Waals surface area (Å²) in [6, 6.07) is 6.64. The van der Waals surface area contributed by atoms with Crippen molar-refractivity contribution in [1.29, 1.82) is 0 Å². The Morgan fingerprint density at radius 1 is 1.50 bits per heavy atom. The van der Waals surface area contributed by atoms with Gasteiger partial charge in [-0.2, -0.15) is 11.8 Å². The van der Waals surface area contributed by atoms with Gasteiger partial charge >= 0.3 is 0 Å². The van der Waals surface area contributed by atoms with Gasteiger partial charge in [0.25, 0.3) is 0 Å². The summed E-state index contributed by atoms with van der Waals surface area (Å²) < 4.78 is 0. The zero-order chi connectivity index (χ0) is 10.2. The lowest BCUT2D eigenvalue weighted by Crippen LogP contribution is -2.28. The molecule has 0 saturated heterocycles. The minimum absolute atomic E-state index is 0.553. The van der Waals surface area contributed by atoms with Crippen molar-refractivity contribution >= 4 is 11.8 Å². The highest BCUT2D eigenvalue weighted by atomic mass is 32.2. The van der Waals surface area contributed by atoms with Crippen molar-refractivity contribution in [2.45, 2.75) is 18.9 Å². The molecular weight excluding hydrogens is 192 g/mol. The number of hydrogen-bond donors (Lipinski definition) is 1. The van der Waals surface area contributed by atoms with Crippen LogP contribution in [0.2, 0.25) is 0 Å². The monoisotopic (exact) mass is 210 g/mol. The lowest BCUT2D eigenvalue weighted by molar-refractivity contribution is 0.541. The largest absolute Gasteiger partial charge is 0.317 e. The molecule has 3 heteroatoms. The van der Waals surface area contributed by atoms with E-state index in [9.17, 15) is 0 Å². The van der Waals surface area contributed by atoms with E-state index in [1.807, 2.05) is 37.1 Å². The van der Waals surface area contributed by atoms with Crippen molar-refractivity contribution in [3.8, 4) is 0 Å². The molecule has 0 aromatic carbocycles. The van der Waals surface area contributed by atoms with Crippen LogP contribution in [0.5, 0.6) is 0 Å².